The molecule has 12 aromatic rings. The Morgan fingerprint density at radius 3 is 1.74 bits per heavy atom. The molecule has 288 valence electrons. The van der Waals surface area contributed by atoms with Gasteiger partial charge in [0.2, 0.25) is 0 Å². The zero-order valence-electron chi connectivity index (χ0n) is 33.3. The van der Waals surface area contributed by atoms with E-state index in [-0.39, 0.29) is 0 Å². The van der Waals surface area contributed by atoms with Crippen molar-refractivity contribution < 1.29 is 0 Å². The summed E-state index contributed by atoms with van der Waals surface area (Å²) in [6.45, 7) is 0. The Balaban J connectivity index is 1.19. The number of para-hydroxylation sites is 2. The van der Waals surface area contributed by atoms with Crippen LogP contribution in [0.5, 0.6) is 0 Å². The van der Waals surface area contributed by atoms with Crippen molar-refractivity contribution in [3.05, 3.63) is 212 Å². The topological polar surface area (TPSA) is 72.3 Å². The molecule has 0 spiro atoms. The molecule has 0 amide bonds. The number of nitriles is 1. The normalized spacial score (nSPS) is 11.5. The highest BCUT2D eigenvalue weighted by Gasteiger charge is 2.24. The first-order valence-electron chi connectivity index (χ1n) is 20.7. The standard InChI is InChI=1S/C56H34N6/c57-35-36-30-32-50(46(34-36)56-59-54(39-19-5-2-6-20-39)58-55(60-56)44-25-10-9-22-40(44)37-16-3-1-4-17-37)62-48-27-13-11-24-42(48)43-31-33-51-52(53(43)62)45-26-12-14-28-49(45)61(51)47-29-15-21-38-18-7-8-23-41(38)47/h1-34H. The third-order valence-electron chi connectivity index (χ3n) is 12.0. The smallest absolute Gasteiger partial charge is 0.166 e. The number of hydrogen-bond donors (Lipinski definition) is 0. The van der Waals surface area contributed by atoms with Gasteiger partial charge in [-0.2, -0.15) is 5.26 Å². The van der Waals surface area contributed by atoms with Crippen LogP contribution < -0.4 is 0 Å². The molecule has 62 heavy (non-hydrogen) atoms. The van der Waals surface area contributed by atoms with Crippen molar-refractivity contribution in [3.8, 4) is 62.7 Å². The minimum absolute atomic E-state index is 0.472. The lowest BCUT2D eigenvalue weighted by molar-refractivity contribution is 1.06. The van der Waals surface area contributed by atoms with Crippen molar-refractivity contribution >= 4 is 54.4 Å². The fourth-order valence-corrected chi connectivity index (χ4v) is 9.28. The highest BCUT2D eigenvalue weighted by molar-refractivity contribution is 6.26. The Bertz CT molecular complexity index is 3760. The lowest BCUT2D eigenvalue weighted by Gasteiger charge is -2.16. The predicted molar refractivity (Wildman–Crippen MR) is 252 cm³/mol. The molecule has 0 radical (unpaired) electrons. The Hall–Kier alpha value is -8.66. The van der Waals surface area contributed by atoms with Gasteiger partial charge in [-0.25, -0.2) is 15.0 Å². The molecule has 3 heterocycles. The van der Waals surface area contributed by atoms with E-state index < -0.39 is 0 Å². The summed E-state index contributed by atoms with van der Waals surface area (Å²) in [6, 6.07) is 73.7. The quantitative estimate of drug-likeness (QED) is 0.168. The van der Waals surface area contributed by atoms with E-state index in [0.29, 0.717) is 23.0 Å². The molecule has 0 saturated carbocycles. The van der Waals surface area contributed by atoms with Gasteiger partial charge in [0.25, 0.3) is 0 Å². The molecule has 0 atom stereocenters. The van der Waals surface area contributed by atoms with Crippen LogP contribution in [0.25, 0.3) is 111 Å². The molecule has 6 heteroatoms. The molecular weight excluding hydrogens is 757 g/mol. The number of aromatic nitrogens is 5. The van der Waals surface area contributed by atoms with Crippen LogP contribution in [0, 0.1) is 11.3 Å². The zero-order valence-corrected chi connectivity index (χ0v) is 33.3. The molecule has 0 saturated heterocycles. The van der Waals surface area contributed by atoms with Gasteiger partial charge in [0.1, 0.15) is 0 Å². The first-order valence-corrected chi connectivity index (χ1v) is 20.7. The Morgan fingerprint density at radius 1 is 0.371 bits per heavy atom. The van der Waals surface area contributed by atoms with Crippen LogP contribution in [0.4, 0.5) is 0 Å². The van der Waals surface area contributed by atoms with Gasteiger partial charge in [0, 0.05) is 43.6 Å². The average molecular weight is 791 g/mol. The molecule has 12 rings (SSSR count). The zero-order chi connectivity index (χ0) is 41.1. The van der Waals surface area contributed by atoms with Crippen LogP contribution in [0.1, 0.15) is 5.56 Å². The van der Waals surface area contributed by atoms with Gasteiger partial charge in [0.15, 0.2) is 17.5 Å². The van der Waals surface area contributed by atoms with Gasteiger partial charge in [-0.05, 0) is 59.0 Å². The maximum absolute atomic E-state index is 10.4. The van der Waals surface area contributed by atoms with Gasteiger partial charge >= 0.3 is 0 Å². The van der Waals surface area contributed by atoms with Crippen LogP contribution in [0.2, 0.25) is 0 Å². The van der Waals surface area contributed by atoms with Gasteiger partial charge in [0.05, 0.1) is 45.1 Å². The Labute approximate surface area is 356 Å². The third-order valence-corrected chi connectivity index (χ3v) is 12.0. The SMILES string of the molecule is N#Cc1ccc(-n2c3ccccc3c3ccc4c(c5ccccc5n4-c4cccc5ccccc45)c32)c(-c2nc(-c3ccccc3)nc(-c3ccccc3-c3ccccc3)n2)c1. The van der Waals surface area contributed by atoms with Crippen LogP contribution in [0.3, 0.4) is 0 Å². The molecule has 0 fully saturated rings. The molecule has 3 aromatic heterocycles. The Morgan fingerprint density at radius 2 is 0.968 bits per heavy atom. The second kappa shape index (κ2) is 14.3. The van der Waals surface area contributed by atoms with Gasteiger partial charge in [-0.1, -0.05) is 164 Å². The fraction of sp³-hybridized carbons (Fsp3) is 0. The summed E-state index contributed by atoms with van der Waals surface area (Å²) in [6.07, 6.45) is 0. The third kappa shape index (κ3) is 5.53. The van der Waals surface area contributed by atoms with E-state index >= 15 is 0 Å². The van der Waals surface area contributed by atoms with E-state index in [0.717, 1.165) is 82.8 Å². The average Bonchev–Trinajstić information content (AvgIpc) is 3.87. The van der Waals surface area contributed by atoms with Crippen LogP contribution in [-0.4, -0.2) is 24.1 Å². The van der Waals surface area contributed by atoms with E-state index in [4.69, 9.17) is 15.0 Å². The van der Waals surface area contributed by atoms with E-state index in [9.17, 15) is 5.26 Å². The molecular formula is C56H34N6. The summed E-state index contributed by atoms with van der Waals surface area (Å²) in [7, 11) is 0. The minimum atomic E-state index is 0.472. The Kier molecular flexibility index (Phi) is 8.12. The molecule has 0 unspecified atom stereocenters. The lowest BCUT2D eigenvalue weighted by atomic mass is 9.99. The highest BCUT2D eigenvalue weighted by atomic mass is 15.1. The number of hydrogen-bond acceptors (Lipinski definition) is 4. The second-order valence-corrected chi connectivity index (χ2v) is 15.5. The van der Waals surface area contributed by atoms with Crippen LogP contribution in [0.15, 0.2) is 206 Å². The van der Waals surface area contributed by atoms with Crippen molar-refractivity contribution in [2.45, 2.75) is 0 Å². The monoisotopic (exact) mass is 790 g/mol. The van der Waals surface area contributed by atoms with Crippen molar-refractivity contribution in [1.82, 2.24) is 24.1 Å². The molecule has 0 bridgehead atoms. The summed E-state index contributed by atoms with van der Waals surface area (Å²) in [5.74, 6) is 1.56. The lowest BCUT2D eigenvalue weighted by Crippen LogP contribution is -2.04. The van der Waals surface area contributed by atoms with E-state index in [2.05, 4.69) is 143 Å². The highest BCUT2D eigenvalue weighted by Crippen LogP contribution is 2.44. The second-order valence-electron chi connectivity index (χ2n) is 15.5. The maximum atomic E-state index is 10.4. The first kappa shape index (κ1) is 35.3. The van der Waals surface area contributed by atoms with E-state index in [1.807, 2.05) is 78.9 Å². The summed E-state index contributed by atoms with van der Waals surface area (Å²) in [5.41, 5.74) is 11.4. The molecule has 0 N–H and O–H groups in total. The predicted octanol–water partition coefficient (Wildman–Crippen LogP) is 13.8. The van der Waals surface area contributed by atoms with Gasteiger partial charge < -0.3 is 9.13 Å². The van der Waals surface area contributed by atoms with Crippen molar-refractivity contribution in [3.63, 3.8) is 0 Å². The van der Waals surface area contributed by atoms with Crippen LogP contribution in [-0.2, 0) is 0 Å². The van der Waals surface area contributed by atoms with Crippen LogP contribution >= 0.6 is 0 Å². The summed E-state index contributed by atoms with van der Waals surface area (Å²) in [5, 5.41) is 17.3. The molecule has 0 aliphatic carbocycles. The summed E-state index contributed by atoms with van der Waals surface area (Å²) >= 11 is 0. The fourth-order valence-electron chi connectivity index (χ4n) is 9.28. The van der Waals surface area contributed by atoms with E-state index in [1.165, 1.54) is 10.8 Å². The summed E-state index contributed by atoms with van der Waals surface area (Å²) < 4.78 is 4.76. The first-order chi connectivity index (χ1) is 30.7. The summed E-state index contributed by atoms with van der Waals surface area (Å²) in [4.78, 5) is 15.7. The van der Waals surface area contributed by atoms with Crippen molar-refractivity contribution in [1.29, 1.82) is 5.26 Å². The van der Waals surface area contributed by atoms with Crippen molar-refractivity contribution in [2.75, 3.05) is 0 Å². The number of fused-ring (bicyclic) bond motifs is 8. The maximum Gasteiger partial charge on any atom is 0.166 e. The molecule has 0 aliphatic heterocycles. The van der Waals surface area contributed by atoms with Crippen molar-refractivity contribution in [2.24, 2.45) is 0 Å². The van der Waals surface area contributed by atoms with Gasteiger partial charge in [-0.3, -0.25) is 0 Å². The number of benzene rings is 9. The molecule has 9 aromatic carbocycles. The van der Waals surface area contributed by atoms with Gasteiger partial charge in [-0.15, -0.1) is 0 Å². The molecule has 0 aliphatic rings. The largest absolute Gasteiger partial charge is 0.309 e. The number of nitrogens with zero attached hydrogens (tertiary/aromatic N) is 6. The number of rotatable bonds is 6. The minimum Gasteiger partial charge on any atom is -0.309 e. The van der Waals surface area contributed by atoms with E-state index in [1.54, 1.807) is 0 Å². The molecule has 6 nitrogen and oxygen atoms in total.